The second-order valence-corrected chi connectivity index (χ2v) is 5.52. The lowest BCUT2D eigenvalue weighted by Gasteiger charge is -2.35. The van der Waals surface area contributed by atoms with Gasteiger partial charge < -0.3 is 4.90 Å². The van der Waals surface area contributed by atoms with Gasteiger partial charge in [-0.15, -0.1) is 0 Å². The molecule has 0 amide bonds. The molecule has 0 aliphatic carbocycles. The Morgan fingerprint density at radius 2 is 1.87 bits per heavy atom. The van der Waals surface area contributed by atoms with E-state index in [1.165, 1.54) is 0 Å². The number of hydrogen-bond acceptors (Lipinski definition) is 2. The molecule has 0 bridgehead atoms. The fourth-order valence-corrected chi connectivity index (χ4v) is 1.56. The maximum Gasteiger partial charge on any atom is 0.132 e. The molecule has 0 aromatic carbocycles. The Kier molecular flexibility index (Phi) is 6.11. The first-order chi connectivity index (χ1) is 6.79. The Hall–Kier alpha value is -0.370. The van der Waals surface area contributed by atoms with Gasteiger partial charge in [-0.2, -0.15) is 0 Å². The molecule has 0 aliphatic heterocycles. The number of hydrogen-bond donors (Lipinski definition) is 0. The Balaban J connectivity index is 3.84. The van der Waals surface area contributed by atoms with Crippen molar-refractivity contribution >= 4 is 5.78 Å². The molecule has 1 atom stereocenters. The van der Waals surface area contributed by atoms with Crippen molar-refractivity contribution in [1.82, 2.24) is 4.90 Å². The highest BCUT2D eigenvalue weighted by atomic mass is 16.1. The quantitative estimate of drug-likeness (QED) is 0.675. The van der Waals surface area contributed by atoms with Crippen molar-refractivity contribution in [3.63, 3.8) is 0 Å². The Morgan fingerprint density at radius 3 is 2.27 bits per heavy atom. The molecule has 0 rings (SSSR count). The molecule has 2 heteroatoms. The molecule has 1 unspecified atom stereocenters. The molecule has 0 radical (unpaired) electrons. The summed E-state index contributed by atoms with van der Waals surface area (Å²) in [5.74, 6) is 0.381. The number of carbonyl (C=O) groups is 1. The predicted octanol–water partition coefficient (Wildman–Crippen LogP) is 3.11. The standard InChI is InChI=1S/C13H27NO/c1-7-12(15)9-8-10-14(6)11(2)13(3,4)5/h11H,7-10H2,1-6H3. The van der Waals surface area contributed by atoms with E-state index in [0.717, 1.165) is 19.4 Å². The molecule has 0 aromatic rings. The third kappa shape index (κ3) is 5.93. The summed E-state index contributed by atoms with van der Waals surface area (Å²) in [5.41, 5.74) is 0.309. The first kappa shape index (κ1) is 14.6. The van der Waals surface area contributed by atoms with E-state index in [9.17, 15) is 4.79 Å². The van der Waals surface area contributed by atoms with E-state index < -0.39 is 0 Å². The lowest BCUT2D eigenvalue weighted by Crippen LogP contribution is -2.39. The Labute approximate surface area is 95.0 Å². The number of carbonyl (C=O) groups excluding carboxylic acids is 1. The normalized spacial score (nSPS) is 14.3. The molecule has 0 heterocycles. The van der Waals surface area contributed by atoms with Crippen molar-refractivity contribution in [1.29, 1.82) is 0 Å². The zero-order valence-electron chi connectivity index (χ0n) is 11.3. The maximum atomic E-state index is 11.1. The third-order valence-corrected chi connectivity index (χ3v) is 3.28. The van der Waals surface area contributed by atoms with Gasteiger partial charge in [0.2, 0.25) is 0 Å². The summed E-state index contributed by atoms with van der Waals surface area (Å²) < 4.78 is 0. The molecule has 0 saturated carbocycles. The van der Waals surface area contributed by atoms with Crippen LogP contribution < -0.4 is 0 Å². The van der Waals surface area contributed by atoms with E-state index in [-0.39, 0.29) is 0 Å². The van der Waals surface area contributed by atoms with Gasteiger partial charge in [0, 0.05) is 18.9 Å². The highest BCUT2D eigenvalue weighted by Gasteiger charge is 2.23. The van der Waals surface area contributed by atoms with Crippen molar-refractivity contribution in [2.24, 2.45) is 5.41 Å². The molecule has 0 aromatic heterocycles. The van der Waals surface area contributed by atoms with Gasteiger partial charge in [-0.1, -0.05) is 27.7 Å². The van der Waals surface area contributed by atoms with Gasteiger partial charge >= 0.3 is 0 Å². The Morgan fingerprint density at radius 1 is 1.33 bits per heavy atom. The summed E-state index contributed by atoms with van der Waals surface area (Å²) in [4.78, 5) is 13.5. The van der Waals surface area contributed by atoms with E-state index in [4.69, 9.17) is 0 Å². The zero-order valence-corrected chi connectivity index (χ0v) is 11.3. The molecule has 0 N–H and O–H groups in total. The number of nitrogens with zero attached hydrogens (tertiary/aromatic N) is 1. The average Bonchev–Trinajstić information content (AvgIpc) is 2.14. The molecule has 0 saturated heterocycles. The molecule has 0 spiro atoms. The second-order valence-electron chi connectivity index (χ2n) is 5.52. The van der Waals surface area contributed by atoms with Crippen LogP contribution in [0.1, 0.15) is 53.9 Å². The van der Waals surface area contributed by atoms with Crippen molar-refractivity contribution in [2.45, 2.75) is 59.9 Å². The van der Waals surface area contributed by atoms with Gasteiger partial charge in [0.1, 0.15) is 5.78 Å². The monoisotopic (exact) mass is 213 g/mol. The van der Waals surface area contributed by atoms with Crippen LogP contribution in [0.4, 0.5) is 0 Å². The summed E-state index contributed by atoms with van der Waals surface area (Å²) in [7, 11) is 2.15. The minimum absolute atomic E-state index is 0.309. The van der Waals surface area contributed by atoms with Crippen LogP contribution in [0, 0.1) is 5.41 Å². The summed E-state index contributed by atoms with van der Waals surface area (Å²) >= 11 is 0. The summed E-state index contributed by atoms with van der Waals surface area (Å²) in [6, 6.07) is 0.550. The van der Waals surface area contributed by atoms with Gasteiger partial charge in [-0.3, -0.25) is 4.79 Å². The van der Waals surface area contributed by atoms with Crippen LogP contribution in [-0.4, -0.2) is 30.3 Å². The minimum atomic E-state index is 0.309. The summed E-state index contributed by atoms with van der Waals surface area (Å²) in [5, 5.41) is 0. The van der Waals surface area contributed by atoms with E-state index in [0.29, 0.717) is 23.7 Å². The minimum Gasteiger partial charge on any atom is -0.303 e. The predicted molar refractivity (Wildman–Crippen MR) is 66.1 cm³/mol. The zero-order chi connectivity index (χ0) is 12.1. The lowest BCUT2D eigenvalue weighted by molar-refractivity contribution is -0.118. The van der Waals surface area contributed by atoms with E-state index >= 15 is 0 Å². The van der Waals surface area contributed by atoms with Crippen molar-refractivity contribution in [3.8, 4) is 0 Å². The van der Waals surface area contributed by atoms with Crippen molar-refractivity contribution < 1.29 is 4.79 Å². The van der Waals surface area contributed by atoms with Gasteiger partial charge in [-0.25, -0.2) is 0 Å². The molecule has 2 nitrogen and oxygen atoms in total. The molecule has 90 valence electrons. The molecule has 0 fully saturated rings. The first-order valence-electron chi connectivity index (χ1n) is 6.01. The van der Waals surface area contributed by atoms with Crippen LogP contribution >= 0.6 is 0 Å². The third-order valence-electron chi connectivity index (χ3n) is 3.28. The van der Waals surface area contributed by atoms with Crippen LogP contribution in [0.25, 0.3) is 0 Å². The highest BCUT2D eigenvalue weighted by molar-refractivity contribution is 5.77. The molecule has 0 aliphatic rings. The SMILES string of the molecule is CCC(=O)CCCN(C)C(C)C(C)(C)C. The topological polar surface area (TPSA) is 20.3 Å². The number of ketones is 1. The van der Waals surface area contributed by atoms with Crippen LogP contribution in [0.5, 0.6) is 0 Å². The first-order valence-corrected chi connectivity index (χ1v) is 6.01. The van der Waals surface area contributed by atoms with Crippen LogP contribution in [0.2, 0.25) is 0 Å². The molecular weight excluding hydrogens is 186 g/mol. The molecular formula is C13H27NO. The number of rotatable bonds is 6. The fraction of sp³-hybridized carbons (Fsp3) is 0.923. The van der Waals surface area contributed by atoms with Gasteiger partial charge in [0.25, 0.3) is 0 Å². The summed E-state index contributed by atoms with van der Waals surface area (Å²) in [6.45, 7) is 12.0. The second kappa shape index (κ2) is 6.26. The van der Waals surface area contributed by atoms with Gasteiger partial charge in [0.05, 0.1) is 0 Å². The largest absolute Gasteiger partial charge is 0.303 e. The van der Waals surface area contributed by atoms with E-state index in [2.05, 4.69) is 39.6 Å². The highest BCUT2D eigenvalue weighted by Crippen LogP contribution is 2.23. The molecule has 15 heavy (non-hydrogen) atoms. The summed E-state index contributed by atoms with van der Waals surface area (Å²) in [6.07, 6.45) is 2.40. The van der Waals surface area contributed by atoms with E-state index in [1.54, 1.807) is 0 Å². The van der Waals surface area contributed by atoms with Crippen LogP contribution in [-0.2, 0) is 4.79 Å². The van der Waals surface area contributed by atoms with Gasteiger partial charge in [-0.05, 0) is 32.4 Å². The Bertz CT molecular complexity index is 193. The van der Waals surface area contributed by atoms with E-state index in [1.807, 2.05) is 6.92 Å². The average molecular weight is 213 g/mol. The van der Waals surface area contributed by atoms with Crippen molar-refractivity contribution in [3.05, 3.63) is 0 Å². The van der Waals surface area contributed by atoms with Crippen LogP contribution in [0.15, 0.2) is 0 Å². The lowest BCUT2D eigenvalue weighted by atomic mass is 9.87. The smallest absolute Gasteiger partial charge is 0.132 e. The van der Waals surface area contributed by atoms with Crippen LogP contribution in [0.3, 0.4) is 0 Å². The number of Topliss-reactive ketones (excluding diaryl/α,β-unsaturated/α-hetero) is 1. The van der Waals surface area contributed by atoms with Crippen molar-refractivity contribution in [2.75, 3.05) is 13.6 Å². The maximum absolute atomic E-state index is 11.1. The van der Waals surface area contributed by atoms with Gasteiger partial charge in [0.15, 0.2) is 0 Å². The fourth-order valence-electron chi connectivity index (χ4n) is 1.56.